The third kappa shape index (κ3) is 5.48. The van der Waals surface area contributed by atoms with E-state index in [4.69, 9.17) is 14.0 Å². The van der Waals surface area contributed by atoms with E-state index < -0.39 is 22.0 Å². The average molecular weight is 421 g/mol. The van der Waals surface area contributed by atoms with E-state index >= 15 is 0 Å². The molecule has 1 atom stereocenters. The Morgan fingerprint density at radius 1 is 1.14 bits per heavy atom. The Kier molecular flexibility index (Phi) is 7.63. The summed E-state index contributed by atoms with van der Waals surface area (Å²) in [6.45, 7) is 0.277. The number of methoxy groups -OCH3 is 1. The molecule has 1 unspecified atom stereocenters. The number of anilines is 1. The summed E-state index contributed by atoms with van der Waals surface area (Å²) in [5.41, 5.74) is 2.54. The number of rotatable bonds is 7. The van der Waals surface area contributed by atoms with Crippen molar-refractivity contribution in [1.29, 1.82) is 0 Å². The molecule has 1 heterocycles. The number of benzene rings is 2. The number of ketones is 1. The minimum Gasteiger partial charge on any atom is -0.400 e. The van der Waals surface area contributed by atoms with Gasteiger partial charge in [0.2, 0.25) is 0 Å². The van der Waals surface area contributed by atoms with Gasteiger partial charge in [-0.25, -0.2) is 0 Å². The van der Waals surface area contributed by atoms with Crippen molar-refractivity contribution in [1.82, 2.24) is 0 Å². The molecule has 1 amide bonds. The Morgan fingerprint density at radius 2 is 1.76 bits per heavy atom. The third-order valence-corrected chi connectivity index (χ3v) is 4.77. The summed E-state index contributed by atoms with van der Waals surface area (Å²) in [7, 11) is -1.46. The highest BCUT2D eigenvalue weighted by Gasteiger charge is 2.29. The van der Waals surface area contributed by atoms with E-state index in [0.717, 1.165) is 18.9 Å². The number of fused-ring (bicyclic) bond motifs is 1. The van der Waals surface area contributed by atoms with E-state index in [2.05, 4.69) is 0 Å². The van der Waals surface area contributed by atoms with Crippen molar-refractivity contribution in [2.75, 3.05) is 32.0 Å². The van der Waals surface area contributed by atoms with Gasteiger partial charge in [0.25, 0.3) is 16.0 Å². The highest BCUT2D eigenvalue weighted by molar-refractivity contribution is 7.86. The number of amides is 1. The fraction of sp³-hybridized carbons (Fsp3) is 0.300. The van der Waals surface area contributed by atoms with E-state index in [1.54, 1.807) is 35.2 Å². The Hall–Kier alpha value is -2.59. The minimum absolute atomic E-state index is 0.0951. The van der Waals surface area contributed by atoms with Crippen LogP contribution >= 0.6 is 0 Å². The maximum absolute atomic E-state index is 12.5. The van der Waals surface area contributed by atoms with E-state index in [1.807, 2.05) is 18.2 Å². The van der Waals surface area contributed by atoms with Crippen LogP contribution in [0.25, 0.3) is 0 Å². The molecule has 0 radical (unpaired) electrons. The molecular formula is C20H23NO7S. The first kappa shape index (κ1) is 22.7. The maximum Gasteiger partial charge on any atom is 0.265 e. The third-order valence-electron chi connectivity index (χ3n) is 4.19. The van der Waals surface area contributed by atoms with Crippen LogP contribution in [-0.4, -0.2) is 58.4 Å². The molecule has 1 aliphatic rings. The predicted molar refractivity (Wildman–Crippen MR) is 107 cm³/mol. The SMILES string of the molecule is CO.COCC(OS(C)(=O)=O)C(=O)c1ccc(N2Cc3ccccc3C2=O)cc1. The van der Waals surface area contributed by atoms with Crippen LogP contribution in [0.1, 0.15) is 26.3 Å². The van der Waals surface area contributed by atoms with E-state index in [-0.39, 0.29) is 18.1 Å². The van der Waals surface area contributed by atoms with Gasteiger partial charge in [-0.2, -0.15) is 8.42 Å². The number of hydrogen-bond donors (Lipinski definition) is 1. The molecule has 0 bridgehead atoms. The van der Waals surface area contributed by atoms with Crippen LogP contribution in [0.15, 0.2) is 48.5 Å². The molecule has 9 heteroatoms. The van der Waals surface area contributed by atoms with Crippen molar-refractivity contribution >= 4 is 27.5 Å². The number of hydrogen-bond acceptors (Lipinski definition) is 7. The minimum atomic E-state index is -3.81. The molecule has 2 aromatic carbocycles. The number of nitrogens with zero attached hydrogens (tertiary/aromatic N) is 1. The van der Waals surface area contributed by atoms with Crippen LogP contribution in [0.3, 0.4) is 0 Å². The van der Waals surface area contributed by atoms with Crippen molar-refractivity contribution in [3.63, 3.8) is 0 Å². The Morgan fingerprint density at radius 3 is 2.31 bits per heavy atom. The van der Waals surface area contributed by atoms with E-state index in [1.165, 1.54) is 7.11 Å². The lowest BCUT2D eigenvalue weighted by atomic mass is 10.1. The number of carbonyl (C=O) groups excluding carboxylic acids is 2. The van der Waals surface area contributed by atoms with Crippen molar-refractivity contribution in [2.45, 2.75) is 12.6 Å². The van der Waals surface area contributed by atoms with Gasteiger partial charge < -0.3 is 14.7 Å². The Balaban J connectivity index is 0.00000145. The number of aliphatic hydroxyl groups is 1. The van der Waals surface area contributed by atoms with Gasteiger partial charge in [-0.15, -0.1) is 0 Å². The van der Waals surface area contributed by atoms with Crippen LogP contribution < -0.4 is 4.90 Å². The lowest BCUT2D eigenvalue weighted by molar-refractivity contribution is 0.0580. The van der Waals surface area contributed by atoms with Crippen molar-refractivity contribution in [2.24, 2.45) is 0 Å². The highest BCUT2D eigenvalue weighted by atomic mass is 32.2. The van der Waals surface area contributed by atoms with Gasteiger partial charge in [0.1, 0.15) is 0 Å². The second kappa shape index (κ2) is 9.75. The zero-order valence-corrected chi connectivity index (χ0v) is 17.2. The molecule has 2 aromatic rings. The van der Waals surface area contributed by atoms with Crippen LogP contribution in [0.5, 0.6) is 0 Å². The molecule has 29 heavy (non-hydrogen) atoms. The Bertz CT molecular complexity index is 971. The van der Waals surface area contributed by atoms with Gasteiger partial charge in [0.05, 0.1) is 19.4 Å². The van der Waals surface area contributed by atoms with Crippen molar-refractivity contribution in [3.8, 4) is 0 Å². The number of ether oxygens (including phenoxy) is 1. The second-order valence-electron chi connectivity index (χ2n) is 6.20. The van der Waals surface area contributed by atoms with Crippen LogP contribution in [0.2, 0.25) is 0 Å². The molecule has 156 valence electrons. The molecule has 3 rings (SSSR count). The second-order valence-corrected chi connectivity index (χ2v) is 7.80. The van der Waals surface area contributed by atoms with Gasteiger partial charge in [-0.05, 0) is 35.9 Å². The first-order valence-electron chi connectivity index (χ1n) is 8.66. The van der Waals surface area contributed by atoms with Crippen LogP contribution in [0, 0.1) is 0 Å². The average Bonchev–Trinajstić information content (AvgIpc) is 3.05. The molecule has 1 aliphatic heterocycles. The Labute approximate surface area is 169 Å². The normalized spacial score (nSPS) is 14.1. The monoisotopic (exact) mass is 421 g/mol. The standard InChI is InChI=1S/C19H19NO6S.CH4O/c1-25-12-17(26-27(2,23)24)18(21)13-7-9-15(10-8-13)20-11-14-5-3-4-6-16(14)19(20)22;1-2/h3-10,17H,11-12H2,1-2H3;2H,1H3. The molecule has 8 nitrogen and oxygen atoms in total. The summed E-state index contributed by atoms with van der Waals surface area (Å²) in [5, 5.41) is 7.00. The quantitative estimate of drug-likeness (QED) is 0.534. The zero-order chi connectivity index (χ0) is 21.6. The van der Waals surface area contributed by atoms with Crippen molar-refractivity contribution < 1.29 is 32.0 Å². The molecule has 0 aromatic heterocycles. The first-order valence-corrected chi connectivity index (χ1v) is 10.5. The lowest BCUT2D eigenvalue weighted by Gasteiger charge is -2.17. The number of aliphatic hydroxyl groups excluding tert-OH is 1. The highest BCUT2D eigenvalue weighted by Crippen LogP contribution is 2.28. The molecule has 0 fully saturated rings. The molecule has 1 N–H and O–H groups in total. The molecule has 0 saturated carbocycles. The summed E-state index contributed by atoms with van der Waals surface area (Å²) in [6, 6.07) is 13.8. The summed E-state index contributed by atoms with van der Waals surface area (Å²) in [4.78, 5) is 26.7. The molecular weight excluding hydrogens is 398 g/mol. The predicted octanol–water partition coefficient (Wildman–Crippen LogP) is 1.63. The number of carbonyl (C=O) groups is 2. The van der Waals surface area contributed by atoms with Crippen LogP contribution in [-0.2, 0) is 25.6 Å². The molecule has 0 spiro atoms. The maximum atomic E-state index is 12.5. The van der Waals surface area contributed by atoms with Gasteiger partial charge in [-0.3, -0.25) is 13.8 Å². The largest absolute Gasteiger partial charge is 0.400 e. The molecule has 0 saturated heterocycles. The summed E-state index contributed by atoms with van der Waals surface area (Å²) in [6.07, 6.45) is -0.378. The van der Waals surface area contributed by atoms with Gasteiger partial charge in [0, 0.05) is 31.0 Å². The van der Waals surface area contributed by atoms with Gasteiger partial charge in [-0.1, -0.05) is 18.2 Å². The van der Waals surface area contributed by atoms with E-state index in [0.29, 0.717) is 17.8 Å². The number of Topliss-reactive ketones (excluding diaryl/α,β-unsaturated/α-hetero) is 1. The van der Waals surface area contributed by atoms with Crippen molar-refractivity contribution in [3.05, 3.63) is 65.2 Å². The summed E-state index contributed by atoms with van der Waals surface area (Å²) >= 11 is 0. The fourth-order valence-electron chi connectivity index (χ4n) is 2.96. The first-order chi connectivity index (χ1) is 13.8. The van der Waals surface area contributed by atoms with E-state index in [9.17, 15) is 18.0 Å². The lowest BCUT2D eigenvalue weighted by Crippen LogP contribution is -2.31. The smallest absolute Gasteiger partial charge is 0.265 e. The van der Waals surface area contributed by atoms with Crippen LogP contribution in [0.4, 0.5) is 5.69 Å². The fourth-order valence-corrected chi connectivity index (χ4v) is 3.53. The molecule has 0 aliphatic carbocycles. The summed E-state index contributed by atoms with van der Waals surface area (Å²) in [5.74, 6) is -0.604. The topological polar surface area (TPSA) is 110 Å². The summed E-state index contributed by atoms with van der Waals surface area (Å²) < 4.78 is 32.4. The zero-order valence-electron chi connectivity index (χ0n) is 16.4. The van der Waals surface area contributed by atoms with Gasteiger partial charge >= 0.3 is 0 Å². The van der Waals surface area contributed by atoms with Gasteiger partial charge in [0.15, 0.2) is 11.9 Å².